The van der Waals surface area contributed by atoms with E-state index in [0.29, 0.717) is 0 Å². The molecule has 2 N–H and O–H groups in total. The monoisotopic (exact) mass is 402 g/mol. The zero-order valence-corrected chi connectivity index (χ0v) is 17.1. The van der Waals surface area contributed by atoms with Crippen molar-refractivity contribution in [3.8, 4) is 21.7 Å². The molecule has 4 nitrogen and oxygen atoms in total. The fourth-order valence-electron chi connectivity index (χ4n) is 2.47. The minimum Gasteiger partial charge on any atom is -0.304 e. The van der Waals surface area contributed by atoms with Gasteiger partial charge in [-0.15, -0.1) is 34.4 Å². The molecule has 4 rings (SSSR count). The Morgan fingerprint density at radius 1 is 1.12 bits per heavy atom. The van der Waals surface area contributed by atoms with Crippen molar-refractivity contribution in [1.82, 2.24) is 15.6 Å². The molecule has 0 bridgehead atoms. The Balaban J connectivity index is 0.000000278. The molecule has 0 saturated carbocycles. The zero-order valence-electron chi connectivity index (χ0n) is 14.7. The predicted octanol–water partition coefficient (Wildman–Crippen LogP) is 5.12. The van der Waals surface area contributed by atoms with Crippen molar-refractivity contribution >= 4 is 46.3 Å². The maximum absolute atomic E-state index is 4.43. The van der Waals surface area contributed by atoms with E-state index in [1.54, 1.807) is 23.1 Å². The summed E-state index contributed by atoms with van der Waals surface area (Å²) in [7, 11) is 0. The van der Waals surface area contributed by atoms with Crippen molar-refractivity contribution in [3.63, 3.8) is 0 Å². The fourth-order valence-corrected chi connectivity index (χ4v) is 4.46. The van der Waals surface area contributed by atoms with Gasteiger partial charge in [0.15, 0.2) is 0 Å². The Labute approximate surface area is 166 Å². The van der Waals surface area contributed by atoms with Gasteiger partial charge in [0.25, 0.3) is 0 Å². The number of hydrogen-bond acceptors (Lipinski definition) is 7. The van der Waals surface area contributed by atoms with Gasteiger partial charge in [-0.05, 0) is 56.2 Å². The van der Waals surface area contributed by atoms with Gasteiger partial charge in [0, 0.05) is 32.8 Å². The van der Waals surface area contributed by atoms with Crippen LogP contribution < -0.4 is 10.6 Å². The van der Waals surface area contributed by atoms with Gasteiger partial charge in [0.1, 0.15) is 0 Å². The number of rotatable bonds is 4. The van der Waals surface area contributed by atoms with Crippen LogP contribution >= 0.6 is 34.4 Å². The summed E-state index contributed by atoms with van der Waals surface area (Å²) in [6.45, 7) is 6.88. The Bertz CT molecular complexity index is 825. The number of nitrogens with one attached hydrogen (secondary N) is 2. The second kappa shape index (κ2) is 9.99. The number of thiazole rings is 1. The second-order valence-electron chi connectivity index (χ2n) is 5.64. The van der Waals surface area contributed by atoms with Crippen molar-refractivity contribution < 1.29 is 0 Å². The lowest BCUT2D eigenvalue weighted by Gasteiger charge is -2.11. The first-order valence-electron chi connectivity index (χ1n) is 8.37. The van der Waals surface area contributed by atoms with Crippen LogP contribution in [0.2, 0.25) is 0 Å². The standard InChI is InChI=1S/C15H12N2S3.C4H10N2/c1-16-15-17-13(9-20-15)11-7-14(19-8-11)10-4-3-5-12(6-10)18-2;1-2-5-4-6-3-1/h3-9H,1H2,2H3;5-6H,1-4H2. The molecule has 0 spiro atoms. The predicted molar refractivity (Wildman–Crippen MR) is 117 cm³/mol. The third kappa shape index (κ3) is 5.25. The molecule has 0 aliphatic carbocycles. The van der Waals surface area contributed by atoms with Gasteiger partial charge in [-0.3, -0.25) is 0 Å². The van der Waals surface area contributed by atoms with Crippen LogP contribution in [-0.4, -0.2) is 37.7 Å². The Hall–Kier alpha value is -1.51. The quantitative estimate of drug-likeness (QED) is 0.470. The lowest BCUT2D eigenvalue weighted by molar-refractivity contribution is 0.496. The summed E-state index contributed by atoms with van der Waals surface area (Å²) in [6, 6.07) is 10.8. The van der Waals surface area contributed by atoms with E-state index in [9.17, 15) is 0 Å². The number of thioether (sulfide) groups is 1. The number of thiophene rings is 1. The lowest BCUT2D eigenvalue weighted by Crippen LogP contribution is -2.37. The molecule has 1 saturated heterocycles. The Morgan fingerprint density at radius 2 is 1.96 bits per heavy atom. The smallest absolute Gasteiger partial charge is 0.209 e. The normalized spacial score (nSPS) is 13.7. The molecule has 3 heterocycles. The third-order valence-electron chi connectivity index (χ3n) is 3.83. The number of aliphatic imine (C=N–C) groups is 1. The van der Waals surface area contributed by atoms with Crippen LogP contribution in [0.4, 0.5) is 5.13 Å². The molecule has 0 radical (unpaired) electrons. The second-order valence-corrected chi connectivity index (χ2v) is 8.26. The summed E-state index contributed by atoms with van der Waals surface area (Å²) in [4.78, 5) is 10.8. The van der Waals surface area contributed by atoms with Crippen LogP contribution in [0.3, 0.4) is 0 Å². The highest BCUT2D eigenvalue weighted by molar-refractivity contribution is 7.98. The van der Waals surface area contributed by atoms with E-state index in [4.69, 9.17) is 0 Å². The lowest BCUT2D eigenvalue weighted by atomic mass is 10.1. The van der Waals surface area contributed by atoms with E-state index < -0.39 is 0 Å². The molecule has 0 amide bonds. The average molecular weight is 403 g/mol. The molecule has 1 aliphatic heterocycles. The van der Waals surface area contributed by atoms with Gasteiger partial charge >= 0.3 is 0 Å². The van der Waals surface area contributed by atoms with E-state index in [-0.39, 0.29) is 0 Å². The molecule has 136 valence electrons. The Kier molecular flexibility index (Phi) is 7.40. The number of benzene rings is 1. The van der Waals surface area contributed by atoms with Gasteiger partial charge in [-0.1, -0.05) is 12.1 Å². The molecule has 2 aromatic heterocycles. The van der Waals surface area contributed by atoms with Crippen LogP contribution in [0.15, 0.2) is 51.0 Å². The summed E-state index contributed by atoms with van der Waals surface area (Å²) in [6.07, 6.45) is 3.37. The highest BCUT2D eigenvalue weighted by Crippen LogP contribution is 2.35. The summed E-state index contributed by atoms with van der Waals surface area (Å²) < 4.78 is 0. The molecule has 0 unspecified atom stereocenters. The van der Waals surface area contributed by atoms with Gasteiger partial charge in [0.2, 0.25) is 5.13 Å². The van der Waals surface area contributed by atoms with Crippen LogP contribution in [0, 0.1) is 0 Å². The van der Waals surface area contributed by atoms with Gasteiger partial charge in [-0.2, -0.15) is 0 Å². The van der Waals surface area contributed by atoms with Gasteiger partial charge in [-0.25, -0.2) is 9.98 Å². The van der Waals surface area contributed by atoms with Crippen LogP contribution in [0.5, 0.6) is 0 Å². The number of aromatic nitrogens is 1. The topological polar surface area (TPSA) is 49.3 Å². The number of nitrogens with zero attached hydrogens (tertiary/aromatic N) is 2. The molecular formula is C19H22N4S3. The van der Waals surface area contributed by atoms with E-state index in [2.05, 4.69) is 69.3 Å². The van der Waals surface area contributed by atoms with E-state index in [0.717, 1.165) is 23.1 Å². The molecule has 3 aromatic rings. The van der Waals surface area contributed by atoms with Crippen LogP contribution in [0.25, 0.3) is 21.7 Å². The fraction of sp³-hybridized carbons (Fsp3) is 0.263. The highest BCUT2D eigenvalue weighted by Gasteiger charge is 2.08. The van der Waals surface area contributed by atoms with Gasteiger partial charge in [0.05, 0.1) is 5.69 Å². The molecule has 1 aliphatic rings. The zero-order chi connectivity index (χ0) is 18.2. The van der Waals surface area contributed by atoms with Crippen molar-refractivity contribution in [3.05, 3.63) is 41.1 Å². The first kappa shape index (κ1) is 19.3. The van der Waals surface area contributed by atoms with Crippen molar-refractivity contribution in [2.45, 2.75) is 11.3 Å². The molecular weight excluding hydrogens is 380 g/mol. The van der Waals surface area contributed by atoms with Crippen molar-refractivity contribution in [1.29, 1.82) is 0 Å². The van der Waals surface area contributed by atoms with Crippen LogP contribution in [-0.2, 0) is 0 Å². The van der Waals surface area contributed by atoms with E-state index in [1.807, 2.05) is 5.38 Å². The largest absolute Gasteiger partial charge is 0.304 e. The van der Waals surface area contributed by atoms with Crippen molar-refractivity contribution in [2.24, 2.45) is 4.99 Å². The average Bonchev–Trinajstić information content (AvgIpc) is 3.39. The molecule has 1 fully saturated rings. The van der Waals surface area contributed by atoms with E-state index >= 15 is 0 Å². The minimum absolute atomic E-state index is 0.720. The summed E-state index contributed by atoms with van der Waals surface area (Å²) in [5.74, 6) is 0. The van der Waals surface area contributed by atoms with Gasteiger partial charge < -0.3 is 10.6 Å². The first-order chi connectivity index (χ1) is 12.8. The Morgan fingerprint density at radius 3 is 2.58 bits per heavy atom. The summed E-state index contributed by atoms with van der Waals surface area (Å²) in [5.41, 5.74) is 3.37. The molecule has 7 heteroatoms. The summed E-state index contributed by atoms with van der Waals surface area (Å²) in [5, 5.41) is 11.2. The maximum Gasteiger partial charge on any atom is 0.209 e. The number of hydrogen-bond donors (Lipinski definition) is 2. The molecule has 1 aromatic carbocycles. The third-order valence-corrected chi connectivity index (χ3v) is 6.31. The first-order valence-corrected chi connectivity index (χ1v) is 11.4. The highest BCUT2D eigenvalue weighted by atomic mass is 32.2. The van der Waals surface area contributed by atoms with Crippen LogP contribution in [0.1, 0.15) is 6.42 Å². The SMILES string of the molecule is C1CNCNC1.C=Nc1nc(-c2csc(-c3cccc(SC)c3)c2)cs1. The maximum atomic E-state index is 4.43. The molecule has 26 heavy (non-hydrogen) atoms. The summed E-state index contributed by atoms with van der Waals surface area (Å²) >= 11 is 5.02. The molecule has 0 atom stereocenters. The van der Waals surface area contributed by atoms with E-state index in [1.165, 1.54) is 46.2 Å². The minimum atomic E-state index is 0.720. The van der Waals surface area contributed by atoms with Crippen molar-refractivity contribution in [2.75, 3.05) is 26.0 Å².